The average Bonchev–Trinajstić information content (AvgIpc) is 2.94. The van der Waals surface area contributed by atoms with E-state index in [4.69, 9.17) is 14.7 Å². The van der Waals surface area contributed by atoms with Crippen LogP contribution in [0.4, 0.5) is 15.8 Å². The van der Waals surface area contributed by atoms with Crippen LogP contribution in [0.15, 0.2) is 84.0 Å². The topological polar surface area (TPSA) is 64.3 Å². The molecule has 1 fully saturated rings. The number of nitrogens with zero attached hydrogens (tertiary/aromatic N) is 4. The van der Waals surface area contributed by atoms with Crippen LogP contribution >= 0.6 is 0 Å². The zero-order valence-electron chi connectivity index (χ0n) is 23.2. The highest BCUT2D eigenvalue weighted by Crippen LogP contribution is 2.33. The minimum atomic E-state index is -1.35. The van der Waals surface area contributed by atoms with Crippen molar-refractivity contribution in [3.8, 4) is 17.1 Å². The monoisotopic (exact) mass is 535 g/mol. The van der Waals surface area contributed by atoms with Gasteiger partial charge in [-0.3, -0.25) is 9.98 Å². The molecule has 40 heavy (non-hydrogen) atoms. The molecule has 0 spiro atoms. The maximum atomic E-state index is 15.0. The highest BCUT2D eigenvalue weighted by Gasteiger charge is 2.23. The van der Waals surface area contributed by atoms with Gasteiger partial charge in [0.25, 0.3) is 0 Å². The second-order valence-corrected chi connectivity index (χ2v) is 11.1. The summed E-state index contributed by atoms with van der Waals surface area (Å²) in [5.74, 6) is 0. The van der Waals surface area contributed by atoms with Gasteiger partial charge in [0.2, 0.25) is 0 Å². The number of rotatable bonds is 6. The number of hydrogen-bond donors (Lipinski definition) is 1. The Balaban J connectivity index is 1.64. The van der Waals surface area contributed by atoms with Crippen LogP contribution in [0.25, 0.3) is 28.1 Å². The van der Waals surface area contributed by atoms with Crippen molar-refractivity contribution >= 4 is 22.4 Å². The van der Waals surface area contributed by atoms with Crippen LogP contribution in [0.2, 0.25) is 0 Å². The van der Waals surface area contributed by atoms with Gasteiger partial charge in [0.05, 0.1) is 50.9 Å². The molecule has 0 bridgehead atoms. The third kappa shape index (κ3) is 5.47. The van der Waals surface area contributed by atoms with Gasteiger partial charge in [-0.25, -0.2) is 9.37 Å². The van der Waals surface area contributed by atoms with Gasteiger partial charge < -0.3 is 14.6 Å². The van der Waals surface area contributed by atoms with Crippen LogP contribution in [-0.2, 0) is 11.2 Å². The number of fused-ring (bicyclic) bond motifs is 2. The summed E-state index contributed by atoms with van der Waals surface area (Å²) in [7, 11) is 0. The molecule has 7 heteroatoms. The zero-order valence-corrected chi connectivity index (χ0v) is 23.2. The average molecular weight is 536 g/mol. The molecule has 204 valence electrons. The lowest BCUT2D eigenvalue weighted by molar-refractivity contribution is 0.0864. The Morgan fingerprint density at radius 1 is 1.00 bits per heavy atom. The molecule has 1 aromatic heterocycles. The summed E-state index contributed by atoms with van der Waals surface area (Å²) in [6.45, 7) is 6.66. The fourth-order valence-electron chi connectivity index (χ4n) is 5.41. The molecule has 0 radical (unpaired) electrons. The van der Waals surface area contributed by atoms with E-state index in [9.17, 15) is 4.39 Å². The molecule has 0 saturated carbocycles. The van der Waals surface area contributed by atoms with E-state index in [1.807, 2.05) is 55.5 Å². The Kier molecular flexibility index (Phi) is 7.07. The molecule has 1 N–H and O–H groups in total. The van der Waals surface area contributed by atoms with Gasteiger partial charge in [-0.15, -0.1) is 0 Å². The zero-order chi connectivity index (χ0) is 27.7. The lowest BCUT2D eigenvalue weighted by Gasteiger charge is -2.24. The van der Waals surface area contributed by atoms with Crippen molar-refractivity contribution in [2.24, 2.45) is 4.99 Å². The van der Waals surface area contributed by atoms with Crippen molar-refractivity contribution < 1.29 is 9.13 Å². The number of aromatic nitrogens is 3. The van der Waals surface area contributed by atoms with Gasteiger partial charge in [0, 0.05) is 31.5 Å². The largest absolute Gasteiger partial charge is 0.381 e. The van der Waals surface area contributed by atoms with E-state index in [1.165, 1.54) is 0 Å². The number of anilines is 2. The molecule has 0 unspecified atom stereocenters. The Bertz CT molecular complexity index is 1700. The number of pyridine rings is 1. The highest BCUT2D eigenvalue weighted by molar-refractivity contribution is 5.84. The minimum absolute atomic E-state index is 0.170. The summed E-state index contributed by atoms with van der Waals surface area (Å²) < 4.78 is 22.8. The summed E-state index contributed by atoms with van der Waals surface area (Å²) in [6, 6.07) is 24.5. The van der Waals surface area contributed by atoms with Crippen molar-refractivity contribution in [2.45, 2.75) is 51.7 Å². The summed E-state index contributed by atoms with van der Waals surface area (Å²) in [5, 5.41) is 4.44. The number of aryl methyl sites for hydroxylation is 1. The highest BCUT2D eigenvalue weighted by atomic mass is 19.1. The first kappa shape index (κ1) is 26.1. The molecule has 6 rings (SSSR count). The van der Waals surface area contributed by atoms with Crippen LogP contribution in [0, 0.1) is 6.92 Å². The fourth-order valence-corrected chi connectivity index (χ4v) is 5.41. The molecular formula is C33H34FN5O. The van der Waals surface area contributed by atoms with Gasteiger partial charge >= 0.3 is 0 Å². The van der Waals surface area contributed by atoms with Crippen LogP contribution < -0.4 is 10.7 Å². The first-order valence-corrected chi connectivity index (χ1v) is 13.9. The van der Waals surface area contributed by atoms with E-state index in [2.05, 4.69) is 39.1 Å². The molecule has 2 aromatic carbocycles. The number of halogens is 1. The van der Waals surface area contributed by atoms with Gasteiger partial charge in [0.15, 0.2) is 0 Å². The minimum Gasteiger partial charge on any atom is -0.381 e. The standard InChI is InChI=1S/C33H34FN5O/c1-22-25(11-8-16-35-22)37-27-19-29-32(20-28(27)36-24-14-17-40-18-15-24)39(31-13-7-5-10-26(31)38-29)30-12-6-4-9-23(30)21-33(2,3)34/h4-13,16,19-20,24,37H,14-15,17-18,21H2,1-3H3. The van der Waals surface area contributed by atoms with Crippen molar-refractivity contribution in [3.63, 3.8) is 0 Å². The Morgan fingerprint density at radius 3 is 2.58 bits per heavy atom. The normalized spacial score (nSPS) is 15.2. The van der Waals surface area contributed by atoms with Crippen LogP contribution in [0.5, 0.6) is 0 Å². The van der Waals surface area contributed by atoms with Crippen molar-refractivity contribution in [2.75, 3.05) is 18.5 Å². The Morgan fingerprint density at radius 2 is 1.77 bits per heavy atom. The second kappa shape index (κ2) is 10.8. The van der Waals surface area contributed by atoms with Crippen molar-refractivity contribution in [1.29, 1.82) is 0 Å². The lowest BCUT2D eigenvalue weighted by atomic mass is 9.98. The van der Waals surface area contributed by atoms with Crippen molar-refractivity contribution in [3.05, 3.63) is 95.6 Å². The molecule has 3 heterocycles. The van der Waals surface area contributed by atoms with E-state index >= 15 is 0 Å². The van der Waals surface area contributed by atoms with Gasteiger partial charge in [-0.2, -0.15) is 0 Å². The summed E-state index contributed by atoms with van der Waals surface area (Å²) in [6.07, 6.45) is 3.86. The van der Waals surface area contributed by atoms with Gasteiger partial charge in [-0.1, -0.05) is 30.3 Å². The molecule has 1 aliphatic carbocycles. The predicted octanol–water partition coefficient (Wildman–Crippen LogP) is 6.95. The van der Waals surface area contributed by atoms with E-state index in [-0.39, 0.29) is 6.04 Å². The van der Waals surface area contributed by atoms with E-state index in [0.29, 0.717) is 19.6 Å². The maximum absolute atomic E-state index is 15.0. The molecule has 0 atom stereocenters. The fraction of sp³-hybridized carbons (Fsp3) is 0.303. The Hall–Kier alpha value is -4.10. The number of para-hydroxylation sites is 3. The molecule has 1 saturated heterocycles. The third-order valence-corrected chi connectivity index (χ3v) is 7.33. The summed E-state index contributed by atoms with van der Waals surface area (Å²) in [4.78, 5) is 14.8. The summed E-state index contributed by atoms with van der Waals surface area (Å²) in [5.41, 5.74) is 6.80. The number of hydrogen-bond acceptors (Lipinski definition) is 5. The number of alkyl halides is 1. The van der Waals surface area contributed by atoms with E-state index in [0.717, 1.165) is 68.9 Å². The molecule has 6 nitrogen and oxygen atoms in total. The van der Waals surface area contributed by atoms with Gasteiger partial charge in [0.1, 0.15) is 5.67 Å². The Labute approximate surface area is 234 Å². The number of nitrogens with one attached hydrogen (secondary N) is 1. The second-order valence-electron chi connectivity index (χ2n) is 11.1. The molecule has 0 amide bonds. The van der Waals surface area contributed by atoms with E-state index < -0.39 is 5.67 Å². The van der Waals surface area contributed by atoms with Gasteiger partial charge in [-0.05, 0) is 81.6 Å². The van der Waals surface area contributed by atoms with Crippen LogP contribution in [-0.4, -0.2) is 39.5 Å². The molecular weight excluding hydrogens is 501 g/mol. The first-order chi connectivity index (χ1) is 19.4. The first-order valence-electron chi connectivity index (χ1n) is 13.9. The lowest BCUT2D eigenvalue weighted by Crippen LogP contribution is -2.23. The van der Waals surface area contributed by atoms with E-state index in [1.54, 1.807) is 20.0 Å². The molecule has 2 aliphatic heterocycles. The summed E-state index contributed by atoms with van der Waals surface area (Å²) >= 11 is 0. The quantitative estimate of drug-likeness (QED) is 0.239. The molecule has 3 aromatic rings. The molecule has 3 aliphatic rings. The van der Waals surface area contributed by atoms with Crippen LogP contribution in [0.3, 0.4) is 0 Å². The smallest absolute Gasteiger partial charge is 0.109 e. The predicted molar refractivity (Wildman–Crippen MR) is 158 cm³/mol. The number of ether oxygens (including phenoxy) is 1. The van der Waals surface area contributed by atoms with Crippen LogP contribution in [0.1, 0.15) is 37.9 Å². The third-order valence-electron chi connectivity index (χ3n) is 7.33. The SMILES string of the molecule is Cc1ncccc1Nc1cc2nc3ccccc3n(-c3ccccc3CC(C)(C)F)c-2cc1=NC1CCOCC1. The number of benzene rings is 3. The van der Waals surface area contributed by atoms with Crippen molar-refractivity contribution in [1.82, 2.24) is 14.5 Å². The maximum Gasteiger partial charge on any atom is 0.109 e.